The van der Waals surface area contributed by atoms with E-state index in [0.717, 1.165) is 19.3 Å². The number of nitriles is 1. The van der Waals surface area contributed by atoms with Crippen LogP contribution >= 0.6 is 0 Å². The van der Waals surface area contributed by atoms with Crippen LogP contribution in [0.2, 0.25) is 0 Å². The van der Waals surface area contributed by atoms with Crippen molar-refractivity contribution in [1.29, 1.82) is 5.26 Å². The van der Waals surface area contributed by atoms with Gasteiger partial charge < -0.3 is 10.4 Å². The highest BCUT2D eigenvalue weighted by molar-refractivity contribution is 4.97. The lowest BCUT2D eigenvalue weighted by atomic mass is 9.90. The van der Waals surface area contributed by atoms with Gasteiger partial charge in [-0.3, -0.25) is 0 Å². The van der Waals surface area contributed by atoms with E-state index in [2.05, 4.69) is 11.4 Å². The zero-order valence-electron chi connectivity index (χ0n) is 10.7. The van der Waals surface area contributed by atoms with Gasteiger partial charge in [0.25, 0.3) is 0 Å². The Morgan fingerprint density at radius 1 is 1.31 bits per heavy atom. The Morgan fingerprint density at radius 3 is 2.50 bits per heavy atom. The van der Waals surface area contributed by atoms with Gasteiger partial charge in [0.15, 0.2) is 0 Å². The fourth-order valence-corrected chi connectivity index (χ4v) is 2.23. The lowest BCUT2D eigenvalue weighted by Gasteiger charge is -2.35. The summed E-state index contributed by atoms with van der Waals surface area (Å²) in [6.07, 6.45) is 5.20. The second-order valence-electron chi connectivity index (χ2n) is 5.52. The molecule has 92 valence electrons. The van der Waals surface area contributed by atoms with Crippen LogP contribution < -0.4 is 5.32 Å². The van der Waals surface area contributed by atoms with Gasteiger partial charge in [0.05, 0.1) is 18.1 Å². The molecule has 1 fully saturated rings. The first kappa shape index (κ1) is 13.5. The largest absolute Gasteiger partial charge is 0.392 e. The molecule has 0 spiro atoms. The maximum Gasteiger partial charge on any atom is 0.0688 e. The van der Waals surface area contributed by atoms with Crippen molar-refractivity contribution in [2.75, 3.05) is 0 Å². The Balaban J connectivity index is 2.65. The van der Waals surface area contributed by atoms with Gasteiger partial charge in [0.2, 0.25) is 0 Å². The Kier molecular flexibility index (Phi) is 4.76. The lowest BCUT2D eigenvalue weighted by Crippen LogP contribution is -2.54. The van der Waals surface area contributed by atoms with Crippen LogP contribution in [0.1, 0.15) is 52.9 Å². The summed E-state index contributed by atoms with van der Waals surface area (Å²) in [4.78, 5) is 0. The van der Waals surface area contributed by atoms with Gasteiger partial charge in [-0.05, 0) is 33.6 Å². The van der Waals surface area contributed by atoms with Crippen molar-refractivity contribution in [1.82, 2.24) is 5.32 Å². The van der Waals surface area contributed by atoms with Crippen LogP contribution in [0.3, 0.4) is 0 Å². The van der Waals surface area contributed by atoms with Crippen molar-refractivity contribution in [2.45, 2.75) is 70.6 Å². The highest BCUT2D eigenvalue weighted by Crippen LogP contribution is 2.25. The van der Waals surface area contributed by atoms with Crippen LogP contribution in [-0.2, 0) is 0 Å². The number of hydrogen-bond donors (Lipinski definition) is 2. The minimum Gasteiger partial charge on any atom is -0.392 e. The maximum absolute atomic E-state index is 9.69. The van der Waals surface area contributed by atoms with Crippen LogP contribution in [0.15, 0.2) is 0 Å². The number of hydrogen-bond acceptors (Lipinski definition) is 3. The summed E-state index contributed by atoms with van der Waals surface area (Å²) >= 11 is 0. The Morgan fingerprint density at radius 2 is 1.94 bits per heavy atom. The number of rotatable bonds is 3. The summed E-state index contributed by atoms with van der Waals surface area (Å²) < 4.78 is 0. The van der Waals surface area contributed by atoms with Crippen molar-refractivity contribution in [2.24, 2.45) is 5.92 Å². The highest BCUT2D eigenvalue weighted by Gasteiger charge is 2.31. The van der Waals surface area contributed by atoms with Crippen LogP contribution in [0, 0.1) is 17.2 Å². The van der Waals surface area contributed by atoms with E-state index < -0.39 is 6.10 Å². The molecule has 16 heavy (non-hydrogen) atoms. The molecule has 0 aromatic carbocycles. The highest BCUT2D eigenvalue weighted by atomic mass is 16.3. The number of aliphatic hydroxyl groups is 1. The van der Waals surface area contributed by atoms with Gasteiger partial charge in [0, 0.05) is 11.6 Å². The van der Waals surface area contributed by atoms with Crippen LogP contribution in [0.4, 0.5) is 0 Å². The van der Waals surface area contributed by atoms with E-state index >= 15 is 0 Å². The lowest BCUT2D eigenvalue weighted by molar-refractivity contribution is 0.0824. The molecule has 0 amide bonds. The zero-order valence-corrected chi connectivity index (χ0v) is 10.7. The van der Waals surface area contributed by atoms with Gasteiger partial charge in [0.1, 0.15) is 0 Å². The average Bonchev–Trinajstić information content (AvgIpc) is 2.42. The third-order valence-electron chi connectivity index (χ3n) is 3.78. The average molecular weight is 224 g/mol. The molecular weight excluding hydrogens is 200 g/mol. The third-order valence-corrected chi connectivity index (χ3v) is 3.78. The van der Waals surface area contributed by atoms with Gasteiger partial charge >= 0.3 is 0 Å². The molecule has 1 saturated carbocycles. The second kappa shape index (κ2) is 5.65. The standard InChI is InChI=1S/C13H24N2O/c1-10(16)13(2,3)15-12-8-6-4-5-7-11(12)9-14/h10-12,15-16H,4-8H2,1-3H3. The van der Waals surface area contributed by atoms with E-state index in [-0.39, 0.29) is 17.5 Å². The van der Waals surface area contributed by atoms with E-state index in [1.807, 2.05) is 13.8 Å². The summed E-state index contributed by atoms with van der Waals surface area (Å²) in [6, 6.07) is 2.64. The predicted molar refractivity (Wildman–Crippen MR) is 64.9 cm³/mol. The van der Waals surface area contributed by atoms with E-state index in [4.69, 9.17) is 5.26 Å². The van der Waals surface area contributed by atoms with Crippen molar-refractivity contribution in [3.63, 3.8) is 0 Å². The molecule has 1 rings (SSSR count). The van der Waals surface area contributed by atoms with Gasteiger partial charge in [-0.1, -0.05) is 19.3 Å². The second-order valence-corrected chi connectivity index (χ2v) is 5.52. The first-order chi connectivity index (χ1) is 7.47. The molecular formula is C13H24N2O. The van der Waals surface area contributed by atoms with Crippen molar-refractivity contribution in [3.8, 4) is 6.07 Å². The summed E-state index contributed by atoms with van der Waals surface area (Å²) in [6.45, 7) is 5.79. The molecule has 1 aliphatic rings. The minimum atomic E-state index is -0.407. The van der Waals surface area contributed by atoms with Crippen molar-refractivity contribution >= 4 is 0 Å². The number of nitrogens with zero attached hydrogens (tertiary/aromatic N) is 1. The third kappa shape index (κ3) is 3.47. The summed E-state index contributed by atoms with van der Waals surface area (Å²) in [7, 11) is 0. The quantitative estimate of drug-likeness (QED) is 0.723. The van der Waals surface area contributed by atoms with Crippen molar-refractivity contribution < 1.29 is 5.11 Å². The molecule has 3 heteroatoms. The molecule has 3 nitrogen and oxygen atoms in total. The summed E-state index contributed by atoms with van der Waals surface area (Å²) in [5.41, 5.74) is -0.315. The molecule has 0 bridgehead atoms. The Labute approximate surface area is 98.8 Å². The molecule has 0 saturated heterocycles. The molecule has 0 aromatic heterocycles. The molecule has 0 aliphatic heterocycles. The van der Waals surface area contributed by atoms with E-state index in [0.29, 0.717) is 0 Å². The van der Waals surface area contributed by atoms with E-state index in [1.165, 1.54) is 12.8 Å². The van der Waals surface area contributed by atoms with E-state index in [1.54, 1.807) is 6.92 Å². The Hall–Kier alpha value is -0.590. The molecule has 0 radical (unpaired) electrons. The first-order valence-electron chi connectivity index (χ1n) is 6.33. The fraction of sp³-hybridized carbons (Fsp3) is 0.923. The van der Waals surface area contributed by atoms with Gasteiger partial charge in [-0.25, -0.2) is 0 Å². The Bertz CT molecular complexity index is 255. The fourth-order valence-electron chi connectivity index (χ4n) is 2.23. The maximum atomic E-state index is 9.69. The number of nitrogens with one attached hydrogen (secondary N) is 1. The summed E-state index contributed by atoms with van der Waals surface area (Å²) in [5, 5.41) is 22.3. The minimum absolute atomic E-state index is 0.0977. The van der Waals surface area contributed by atoms with Crippen LogP contribution in [0.5, 0.6) is 0 Å². The van der Waals surface area contributed by atoms with Crippen molar-refractivity contribution in [3.05, 3.63) is 0 Å². The molecule has 3 atom stereocenters. The smallest absolute Gasteiger partial charge is 0.0688 e. The molecule has 0 heterocycles. The monoisotopic (exact) mass is 224 g/mol. The molecule has 3 unspecified atom stereocenters. The van der Waals surface area contributed by atoms with E-state index in [9.17, 15) is 5.11 Å². The predicted octanol–water partition coefficient (Wildman–Crippen LogP) is 2.21. The SMILES string of the molecule is CC(O)C(C)(C)NC1CCCCCC1C#N. The molecule has 1 aliphatic carbocycles. The zero-order chi connectivity index (χ0) is 12.2. The number of aliphatic hydroxyl groups excluding tert-OH is 1. The topological polar surface area (TPSA) is 56.0 Å². The molecule has 2 N–H and O–H groups in total. The van der Waals surface area contributed by atoms with Crippen LogP contribution in [0.25, 0.3) is 0 Å². The van der Waals surface area contributed by atoms with Gasteiger partial charge in [-0.2, -0.15) is 5.26 Å². The van der Waals surface area contributed by atoms with Crippen LogP contribution in [-0.4, -0.2) is 22.8 Å². The normalized spacial score (nSPS) is 29.2. The first-order valence-corrected chi connectivity index (χ1v) is 6.33. The molecule has 0 aromatic rings. The summed E-state index contributed by atoms with van der Waals surface area (Å²) in [5.74, 6) is 0.0977. The van der Waals surface area contributed by atoms with Gasteiger partial charge in [-0.15, -0.1) is 0 Å².